The number of hydrogen-bond donors (Lipinski definition) is 0. The zero-order chi connectivity index (χ0) is 33.0. The fourth-order valence-corrected chi connectivity index (χ4v) is 5.32. The molecule has 5 rings (SSSR count). The van der Waals surface area contributed by atoms with Gasteiger partial charge in [0, 0.05) is 11.8 Å². The van der Waals surface area contributed by atoms with E-state index in [0.29, 0.717) is 28.5 Å². The number of rotatable bonds is 8. The average Bonchev–Trinajstić information content (AvgIpc) is 3.66. The normalized spacial score (nSPS) is 15.3. The van der Waals surface area contributed by atoms with E-state index in [0.717, 1.165) is 35.7 Å². The summed E-state index contributed by atoms with van der Waals surface area (Å²) in [6.07, 6.45) is -4.31. The fraction of sp³-hybridized carbons (Fsp3) is 0.226. The van der Waals surface area contributed by atoms with Crippen LogP contribution in [0.4, 0.5) is 28.0 Å². The van der Waals surface area contributed by atoms with Gasteiger partial charge in [-0.05, 0) is 59.5 Å². The molecule has 3 amide bonds. The number of carbonyl (C=O) groups is 2. The van der Waals surface area contributed by atoms with Gasteiger partial charge in [0.15, 0.2) is 17.2 Å². The summed E-state index contributed by atoms with van der Waals surface area (Å²) < 4.78 is 62.7. The van der Waals surface area contributed by atoms with Gasteiger partial charge in [0.2, 0.25) is 5.91 Å². The molecule has 10 nitrogen and oxygen atoms in total. The molecule has 3 aromatic carbocycles. The monoisotopic (exact) mass is 654 g/mol. The molecule has 2 heterocycles. The minimum atomic E-state index is -4.79. The number of amides is 3. The SMILES string of the molecule is COc1ccc(N2C(=O)CSC2=NC(=O)N=CC(F)c2ccc(-c3ncn(-c4ccc(OC(F)(F)F)cc4)n3)cc2)c(C(C)C)c1. The van der Waals surface area contributed by atoms with Crippen LogP contribution in [0.2, 0.25) is 0 Å². The lowest BCUT2D eigenvalue weighted by molar-refractivity contribution is -0.274. The molecule has 1 aromatic heterocycles. The summed E-state index contributed by atoms with van der Waals surface area (Å²) in [5.41, 5.74) is 2.62. The number of halogens is 4. The third kappa shape index (κ3) is 7.59. The molecule has 0 spiro atoms. The summed E-state index contributed by atoms with van der Waals surface area (Å²) in [7, 11) is 1.55. The molecule has 0 bridgehead atoms. The molecule has 238 valence electrons. The number of alkyl halides is 4. The number of ether oxygens (including phenoxy) is 2. The van der Waals surface area contributed by atoms with E-state index in [1.165, 1.54) is 40.2 Å². The minimum Gasteiger partial charge on any atom is -0.497 e. The summed E-state index contributed by atoms with van der Waals surface area (Å²) in [6, 6.07) is 15.5. The highest BCUT2D eigenvalue weighted by Gasteiger charge is 2.33. The number of hydrogen-bond acceptors (Lipinski definition) is 7. The second-order valence-electron chi connectivity index (χ2n) is 10.1. The Morgan fingerprint density at radius 1 is 1.04 bits per heavy atom. The van der Waals surface area contributed by atoms with Crippen molar-refractivity contribution in [1.82, 2.24) is 14.8 Å². The average molecular weight is 655 g/mol. The number of nitrogens with zero attached hydrogens (tertiary/aromatic N) is 6. The molecule has 1 atom stereocenters. The number of benzene rings is 3. The van der Waals surface area contributed by atoms with Gasteiger partial charge in [-0.1, -0.05) is 49.9 Å². The lowest BCUT2D eigenvalue weighted by Crippen LogP contribution is -2.30. The number of aliphatic imine (C=N–C) groups is 2. The van der Waals surface area contributed by atoms with Crippen LogP contribution in [-0.2, 0) is 4.79 Å². The molecule has 1 aliphatic rings. The summed E-state index contributed by atoms with van der Waals surface area (Å²) in [4.78, 5) is 38.5. The second kappa shape index (κ2) is 13.5. The zero-order valence-electron chi connectivity index (χ0n) is 24.6. The van der Waals surface area contributed by atoms with E-state index < -0.39 is 18.6 Å². The lowest BCUT2D eigenvalue weighted by Gasteiger charge is -2.22. The van der Waals surface area contributed by atoms with Gasteiger partial charge in [0.25, 0.3) is 0 Å². The number of carbonyl (C=O) groups excluding carboxylic acids is 2. The van der Waals surface area contributed by atoms with Crippen molar-refractivity contribution in [2.75, 3.05) is 17.8 Å². The van der Waals surface area contributed by atoms with E-state index in [1.54, 1.807) is 31.4 Å². The molecule has 1 saturated heterocycles. The van der Waals surface area contributed by atoms with E-state index in [1.807, 2.05) is 19.9 Å². The van der Waals surface area contributed by atoms with E-state index in [9.17, 15) is 27.2 Å². The van der Waals surface area contributed by atoms with Crippen molar-refractivity contribution in [3.05, 3.63) is 84.2 Å². The summed E-state index contributed by atoms with van der Waals surface area (Å²) in [6.45, 7) is 3.94. The third-order valence-electron chi connectivity index (χ3n) is 6.68. The Balaban J connectivity index is 1.25. The number of urea groups is 1. The summed E-state index contributed by atoms with van der Waals surface area (Å²) in [5, 5.41) is 4.47. The van der Waals surface area contributed by atoms with Crippen molar-refractivity contribution < 1.29 is 36.6 Å². The molecule has 15 heteroatoms. The number of thioether (sulfide) groups is 1. The zero-order valence-corrected chi connectivity index (χ0v) is 25.4. The highest BCUT2D eigenvalue weighted by atomic mass is 32.2. The maximum absolute atomic E-state index is 15.0. The van der Waals surface area contributed by atoms with Crippen LogP contribution in [0.3, 0.4) is 0 Å². The van der Waals surface area contributed by atoms with E-state index >= 15 is 0 Å². The number of methoxy groups -OCH3 is 1. The maximum Gasteiger partial charge on any atom is 0.573 e. The Labute approximate surface area is 264 Å². The van der Waals surface area contributed by atoms with Gasteiger partial charge in [-0.15, -0.1) is 18.3 Å². The smallest absolute Gasteiger partial charge is 0.497 e. The first-order valence-corrected chi connectivity index (χ1v) is 14.7. The van der Waals surface area contributed by atoms with Crippen LogP contribution in [0.1, 0.15) is 37.1 Å². The Morgan fingerprint density at radius 2 is 1.74 bits per heavy atom. The van der Waals surface area contributed by atoms with Crippen LogP contribution < -0.4 is 14.4 Å². The predicted octanol–water partition coefficient (Wildman–Crippen LogP) is 7.30. The Bertz CT molecular complexity index is 1790. The highest BCUT2D eigenvalue weighted by Crippen LogP contribution is 2.36. The van der Waals surface area contributed by atoms with Crippen LogP contribution in [0.25, 0.3) is 17.1 Å². The van der Waals surface area contributed by atoms with Gasteiger partial charge in [-0.25, -0.2) is 23.8 Å². The molecule has 0 radical (unpaired) electrons. The van der Waals surface area contributed by atoms with Gasteiger partial charge in [0.05, 0.1) is 24.2 Å². The third-order valence-corrected chi connectivity index (χ3v) is 7.61. The van der Waals surface area contributed by atoms with Crippen molar-refractivity contribution >= 4 is 40.8 Å². The first kappa shape index (κ1) is 32.3. The van der Waals surface area contributed by atoms with Crippen molar-refractivity contribution in [3.8, 4) is 28.6 Å². The molecule has 46 heavy (non-hydrogen) atoms. The predicted molar refractivity (Wildman–Crippen MR) is 166 cm³/mol. The van der Waals surface area contributed by atoms with Gasteiger partial charge in [-0.2, -0.15) is 4.99 Å². The van der Waals surface area contributed by atoms with Gasteiger partial charge >= 0.3 is 12.4 Å². The fourth-order valence-electron chi connectivity index (χ4n) is 4.47. The quantitative estimate of drug-likeness (QED) is 0.145. The van der Waals surface area contributed by atoms with Crippen molar-refractivity contribution in [2.24, 2.45) is 9.98 Å². The molecule has 1 aliphatic heterocycles. The lowest BCUT2D eigenvalue weighted by atomic mass is 10.00. The van der Waals surface area contributed by atoms with Crippen molar-refractivity contribution in [2.45, 2.75) is 32.3 Å². The minimum absolute atomic E-state index is 0.0474. The summed E-state index contributed by atoms with van der Waals surface area (Å²) >= 11 is 1.09. The Morgan fingerprint density at radius 3 is 2.39 bits per heavy atom. The van der Waals surface area contributed by atoms with Gasteiger partial charge in [-0.3, -0.25) is 9.69 Å². The van der Waals surface area contributed by atoms with E-state index in [2.05, 4.69) is 24.8 Å². The highest BCUT2D eigenvalue weighted by molar-refractivity contribution is 8.15. The number of anilines is 1. The molecule has 0 N–H and O–H groups in total. The second-order valence-corrected chi connectivity index (χ2v) is 11.1. The first-order chi connectivity index (χ1) is 21.9. The first-order valence-electron chi connectivity index (χ1n) is 13.7. The van der Waals surface area contributed by atoms with E-state index in [4.69, 9.17) is 4.74 Å². The van der Waals surface area contributed by atoms with E-state index in [-0.39, 0.29) is 34.1 Å². The van der Waals surface area contributed by atoms with Crippen LogP contribution in [0.5, 0.6) is 11.5 Å². The maximum atomic E-state index is 15.0. The van der Waals surface area contributed by atoms with Crippen molar-refractivity contribution in [3.63, 3.8) is 0 Å². The van der Waals surface area contributed by atoms with Crippen LogP contribution in [0.15, 0.2) is 83.0 Å². The van der Waals surface area contributed by atoms with Gasteiger partial charge in [0.1, 0.15) is 17.8 Å². The molecule has 1 unspecified atom stereocenters. The number of aromatic nitrogens is 3. The molecule has 1 fully saturated rings. The van der Waals surface area contributed by atoms with Crippen LogP contribution >= 0.6 is 11.8 Å². The molecule has 4 aromatic rings. The van der Waals surface area contributed by atoms with Crippen LogP contribution in [-0.4, -0.2) is 57.3 Å². The molecule has 0 aliphatic carbocycles. The largest absolute Gasteiger partial charge is 0.573 e. The van der Waals surface area contributed by atoms with Crippen LogP contribution in [0, 0.1) is 0 Å². The summed E-state index contributed by atoms with van der Waals surface area (Å²) in [5.74, 6) is 0.450. The Hall–Kier alpha value is -5.05. The number of amidine groups is 1. The van der Waals surface area contributed by atoms with Crippen molar-refractivity contribution in [1.29, 1.82) is 0 Å². The molecular weight excluding hydrogens is 628 g/mol. The molecule has 0 saturated carbocycles. The standard InChI is InChI=1S/C31H26F4N6O4S/c1-18(2)24-14-23(44-3)12-13-26(24)41-27(42)16-46-30(41)38-29(43)36-15-25(32)19-4-6-20(7-5-19)28-37-17-40(39-28)21-8-10-22(11-9-21)45-31(33,34)35/h4-15,17-18,25H,16H2,1-3H3. The topological polar surface area (TPSA) is 111 Å². The Kier molecular flexibility index (Phi) is 9.51. The van der Waals surface area contributed by atoms with Gasteiger partial charge < -0.3 is 9.47 Å². The molecular formula is C31H26F4N6O4S.